The van der Waals surface area contributed by atoms with Gasteiger partial charge in [0, 0.05) is 12.5 Å². The lowest BCUT2D eigenvalue weighted by molar-refractivity contribution is 0.371. The molecular formula is C12H21N. The molecule has 0 heterocycles. The minimum absolute atomic E-state index is 0.805. The lowest BCUT2D eigenvalue weighted by Gasteiger charge is -2.22. The Bertz CT molecular complexity index is 151. The standard InChI is InChI=1S/C12H21N/c1-2-3-4-8-11-13-12-9-6-5-7-10-12/h1,12-13H,3-11H2. The Morgan fingerprint density at radius 3 is 2.62 bits per heavy atom. The van der Waals surface area contributed by atoms with Gasteiger partial charge in [0.25, 0.3) is 0 Å². The summed E-state index contributed by atoms with van der Waals surface area (Å²) in [4.78, 5) is 0. The van der Waals surface area contributed by atoms with E-state index in [1.807, 2.05) is 0 Å². The molecule has 0 amide bonds. The van der Waals surface area contributed by atoms with Crippen molar-refractivity contribution in [2.24, 2.45) is 0 Å². The fourth-order valence-electron chi connectivity index (χ4n) is 1.96. The SMILES string of the molecule is C#CCCCCNC1CCCCC1. The van der Waals surface area contributed by atoms with Gasteiger partial charge in [-0.05, 0) is 32.2 Å². The highest BCUT2D eigenvalue weighted by molar-refractivity contribution is 4.83. The van der Waals surface area contributed by atoms with Gasteiger partial charge in [-0.2, -0.15) is 0 Å². The van der Waals surface area contributed by atoms with Crippen LogP contribution < -0.4 is 5.32 Å². The van der Waals surface area contributed by atoms with Crippen molar-refractivity contribution in [3.63, 3.8) is 0 Å². The van der Waals surface area contributed by atoms with Crippen LogP contribution in [0.2, 0.25) is 0 Å². The van der Waals surface area contributed by atoms with Crippen LogP contribution in [-0.2, 0) is 0 Å². The molecule has 1 rings (SSSR count). The van der Waals surface area contributed by atoms with Crippen LogP contribution in [0.1, 0.15) is 51.4 Å². The Morgan fingerprint density at radius 2 is 1.92 bits per heavy atom. The van der Waals surface area contributed by atoms with Crippen LogP contribution in [0.3, 0.4) is 0 Å². The molecule has 0 aliphatic heterocycles. The Labute approximate surface area is 82.3 Å². The highest BCUT2D eigenvalue weighted by Gasteiger charge is 2.11. The second-order valence-corrected chi connectivity index (χ2v) is 3.95. The van der Waals surface area contributed by atoms with Crippen molar-refractivity contribution in [2.75, 3.05) is 6.54 Å². The summed E-state index contributed by atoms with van der Waals surface area (Å²) >= 11 is 0. The molecule has 0 atom stereocenters. The van der Waals surface area contributed by atoms with Gasteiger partial charge < -0.3 is 5.32 Å². The molecule has 1 nitrogen and oxygen atoms in total. The van der Waals surface area contributed by atoms with Gasteiger partial charge in [-0.1, -0.05) is 19.3 Å². The number of rotatable bonds is 5. The fourth-order valence-corrected chi connectivity index (χ4v) is 1.96. The van der Waals surface area contributed by atoms with E-state index in [0.717, 1.165) is 19.0 Å². The average molecular weight is 179 g/mol. The van der Waals surface area contributed by atoms with E-state index in [9.17, 15) is 0 Å². The zero-order chi connectivity index (χ0) is 9.36. The smallest absolute Gasteiger partial charge is 0.00865 e. The lowest BCUT2D eigenvalue weighted by Crippen LogP contribution is -2.31. The van der Waals surface area contributed by atoms with Crippen LogP contribution in [0, 0.1) is 12.3 Å². The summed E-state index contributed by atoms with van der Waals surface area (Å²) in [7, 11) is 0. The Hall–Kier alpha value is -0.480. The Balaban J connectivity index is 1.90. The predicted octanol–water partition coefficient (Wildman–Crippen LogP) is 2.71. The van der Waals surface area contributed by atoms with Gasteiger partial charge in [0.2, 0.25) is 0 Å². The van der Waals surface area contributed by atoms with Crippen molar-refractivity contribution < 1.29 is 0 Å². The van der Waals surface area contributed by atoms with Crippen molar-refractivity contribution in [2.45, 2.75) is 57.4 Å². The molecule has 1 fully saturated rings. The van der Waals surface area contributed by atoms with Crippen LogP contribution in [0.15, 0.2) is 0 Å². The van der Waals surface area contributed by atoms with Crippen LogP contribution in [0.5, 0.6) is 0 Å². The van der Waals surface area contributed by atoms with E-state index in [0.29, 0.717) is 0 Å². The van der Waals surface area contributed by atoms with Crippen molar-refractivity contribution in [1.82, 2.24) is 5.32 Å². The molecule has 1 N–H and O–H groups in total. The molecule has 1 heteroatoms. The van der Waals surface area contributed by atoms with E-state index < -0.39 is 0 Å². The summed E-state index contributed by atoms with van der Waals surface area (Å²) in [6.07, 6.45) is 15.6. The van der Waals surface area contributed by atoms with Gasteiger partial charge >= 0.3 is 0 Å². The molecule has 0 unspecified atom stereocenters. The van der Waals surface area contributed by atoms with Crippen molar-refractivity contribution in [3.8, 4) is 12.3 Å². The summed E-state index contributed by atoms with van der Waals surface area (Å²) in [6.45, 7) is 1.16. The highest BCUT2D eigenvalue weighted by Crippen LogP contribution is 2.17. The third-order valence-corrected chi connectivity index (χ3v) is 2.79. The summed E-state index contributed by atoms with van der Waals surface area (Å²) in [5.74, 6) is 2.68. The third kappa shape index (κ3) is 4.95. The zero-order valence-electron chi connectivity index (χ0n) is 8.52. The van der Waals surface area contributed by atoms with Crippen molar-refractivity contribution in [3.05, 3.63) is 0 Å². The molecule has 0 radical (unpaired) electrons. The molecule has 0 bridgehead atoms. The van der Waals surface area contributed by atoms with E-state index in [1.54, 1.807) is 0 Å². The van der Waals surface area contributed by atoms with Crippen molar-refractivity contribution >= 4 is 0 Å². The minimum atomic E-state index is 0.805. The van der Waals surface area contributed by atoms with Gasteiger partial charge in [-0.15, -0.1) is 12.3 Å². The summed E-state index contributed by atoms with van der Waals surface area (Å²) in [6, 6.07) is 0.805. The number of hydrogen-bond acceptors (Lipinski definition) is 1. The first kappa shape index (κ1) is 10.6. The molecule has 0 aromatic rings. The second kappa shape index (κ2) is 6.97. The second-order valence-electron chi connectivity index (χ2n) is 3.95. The van der Waals surface area contributed by atoms with Gasteiger partial charge in [0.05, 0.1) is 0 Å². The monoisotopic (exact) mass is 179 g/mol. The average Bonchev–Trinajstić information content (AvgIpc) is 2.19. The zero-order valence-corrected chi connectivity index (χ0v) is 8.52. The normalized spacial score (nSPS) is 18.4. The molecule has 0 saturated heterocycles. The third-order valence-electron chi connectivity index (χ3n) is 2.79. The van der Waals surface area contributed by atoms with Gasteiger partial charge in [0.1, 0.15) is 0 Å². The van der Waals surface area contributed by atoms with E-state index >= 15 is 0 Å². The Morgan fingerprint density at radius 1 is 1.15 bits per heavy atom. The molecule has 1 saturated carbocycles. The first-order chi connectivity index (χ1) is 6.43. The maximum atomic E-state index is 5.18. The largest absolute Gasteiger partial charge is 0.314 e. The van der Waals surface area contributed by atoms with Crippen LogP contribution in [0.4, 0.5) is 0 Å². The minimum Gasteiger partial charge on any atom is -0.314 e. The maximum absolute atomic E-state index is 5.18. The molecule has 74 valence electrons. The summed E-state index contributed by atoms with van der Waals surface area (Å²) in [5, 5.41) is 3.61. The number of unbranched alkanes of at least 4 members (excludes halogenated alkanes) is 2. The van der Waals surface area contributed by atoms with Crippen molar-refractivity contribution in [1.29, 1.82) is 0 Å². The molecule has 0 aromatic carbocycles. The number of terminal acetylenes is 1. The van der Waals surface area contributed by atoms with E-state index in [1.165, 1.54) is 44.9 Å². The molecule has 1 aliphatic carbocycles. The van der Waals surface area contributed by atoms with Crippen LogP contribution in [0.25, 0.3) is 0 Å². The molecular weight excluding hydrogens is 158 g/mol. The van der Waals surface area contributed by atoms with E-state index in [4.69, 9.17) is 6.42 Å². The predicted molar refractivity (Wildman–Crippen MR) is 57.6 cm³/mol. The number of nitrogens with one attached hydrogen (secondary N) is 1. The van der Waals surface area contributed by atoms with Gasteiger partial charge in [-0.3, -0.25) is 0 Å². The quantitative estimate of drug-likeness (QED) is 0.505. The molecule has 0 spiro atoms. The first-order valence-electron chi connectivity index (χ1n) is 5.60. The number of hydrogen-bond donors (Lipinski definition) is 1. The van der Waals surface area contributed by atoms with Crippen LogP contribution in [-0.4, -0.2) is 12.6 Å². The summed E-state index contributed by atoms with van der Waals surface area (Å²) < 4.78 is 0. The Kier molecular flexibility index (Phi) is 5.69. The van der Waals surface area contributed by atoms with E-state index in [2.05, 4.69) is 11.2 Å². The van der Waals surface area contributed by atoms with Gasteiger partial charge in [0.15, 0.2) is 0 Å². The molecule has 0 aromatic heterocycles. The maximum Gasteiger partial charge on any atom is 0.00865 e. The molecule has 13 heavy (non-hydrogen) atoms. The van der Waals surface area contributed by atoms with Gasteiger partial charge in [-0.25, -0.2) is 0 Å². The lowest BCUT2D eigenvalue weighted by atomic mass is 9.95. The fraction of sp³-hybridized carbons (Fsp3) is 0.833. The van der Waals surface area contributed by atoms with Crippen LogP contribution >= 0.6 is 0 Å². The topological polar surface area (TPSA) is 12.0 Å². The summed E-state index contributed by atoms with van der Waals surface area (Å²) in [5.41, 5.74) is 0. The van der Waals surface area contributed by atoms with E-state index in [-0.39, 0.29) is 0 Å². The highest BCUT2D eigenvalue weighted by atomic mass is 14.9. The first-order valence-corrected chi connectivity index (χ1v) is 5.60. The molecule has 1 aliphatic rings.